The molecular weight excluding hydrogens is 640 g/mol. The van der Waals surface area contributed by atoms with Crippen LogP contribution in [0.15, 0.2) is 127 Å². The number of ether oxygens (including phenoxy) is 1. The predicted molar refractivity (Wildman–Crippen MR) is 201 cm³/mol. The van der Waals surface area contributed by atoms with Gasteiger partial charge in [0.15, 0.2) is 0 Å². The van der Waals surface area contributed by atoms with Crippen molar-refractivity contribution in [3.8, 4) is 11.1 Å². The maximum atomic E-state index is 12.9. The smallest absolute Gasteiger partial charge is 0.407 e. The van der Waals surface area contributed by atoms with Crippen LogP contribution in [0.2, 0.25) is 5.02 Å². The number of nitrogens with one attached hydrogen (secondary N) is 2. The van der Waals surface area contributed by atoms with Crippen molar-refractivity contribution in [2.24, 2.45) is 0 Å². The molecule has 2 N–H and O–H groups in total. The number of carbonyl (C=O) groups is 1. The standard InChI is InChI=1S/C44H45ClN2O3/c45-42-24-14-13-23-41(42)44(34-17-7-4-8-18-34,35-27-25-33(26-28-35)32-15-5-2-1-3-6-16-32)47-50-30-29-46-43(48)49-31-40-38-21-11-9-19-36(38)37-20-10-12-22-39(37)40/h4,7-14,17-28,32,40,47H,1-3,5-6,15-16,29-31H2,(H,46,48). The first kappa shape index (κ1) is 34.0. The molecule has 0 saturated heterocycles. The Balaban J connectivity index is 1.05. The van der Waals surface area contributed by atoms with E-state index in [0.29, 0.717) is 10.9 Å². The number of hydrogen-bond donors (Lipinski definition) is 2. The molecule has 1 fully saturated rings. The van der Waals surface area contributed by atoms with Gasteiger partial charge in [0.05, 0.1) is 6.61 Å². The summed E-state index contributed by atoms with van der Waals surface area (Å²) >= 11 is 6.96. The number of fused-ring (bicyclic) bond motifs is 3. The lowest BCUT2D eigenvalue weighted by atomic mass is 9.76. The van der Waals surface area contributed by atoms with Crippen LogP contribution in [0.4, 0.5) is 4.79 Å². The van der Waals surface area contributed by atoms with Crippen LogP contribution in [0.1, 0.15) is 90.2 Å². The first-order valence-corrected chi connectivity index (χ1v) is 18.4. The van der Waals surface area contributed by atoms with Gasteiger partial charge in [-0.25, -0.2) is 4.79 Å². The maximum Gasteiger partial charge on any atom is 0.407 e. The summed E-state index contributed by atoms with van der Waals surface area (Å²) in [5, 5.41) is 3.51. The highest BCUT2D eigenvalue weighted by Gasteiger charge is 2.39. The highest BCUT2D eigenvalue weighted by atomic mass is 35.5. The minimum Gasteiger partial charge on any atom is -0.449 e. The molecule has 0 heterocycles. The number of alkyl carbamates (subject to hydrolysis) is 1. The van der Waals surface area contributed by atoms with Crippen LogP contribution in [-0.4, -0.2) is 25.9 Å². The fourth-order valence-electron chi connectivity index (χ4n) is 7.91. The molecule has 0 bridgehead atoms. The maximum absolute atomic E-state index is 12.9. The van der Waals surface area contributed by atoms with Crippen LogP contribution in [0.5, 0.6) is 0 Å². The molecule has 1 amide bonds. The Bertz CT molecular complexity index is 1830. The molecule has 5 aromatic rings. The van der Waals surface area contributed by atoms with Crippen LogP contribution in [0.3, 0.4) is 0 Å². The van der Waals surface area contributed by atoms with Crippen LogP contribution in [0, 0.1) is 0 Å². The van der Waals surface area contributed by atoms with E-state index in [1.165, 1.54) is 72.8 Å². The van der Waals surface area contributed by atoms with Crippen LogP contribution >= 0.6 is 11.6 Å². The topological polar surface area (TPSA) is 59.6 Å². The number of hydrogen-bond acceptors (Lipinski definition) is 4. The van der Waals surface area contributed by atoms with E-state index in [1.807, 2.05) is 66.7 Å². The van der Waals surface area contributed by atoms with Crippen molar-refractivity contribution in [3.05, 3.63) is 166 Å². The summed E-state index contributed by atoms with van der Waals surface area (Å²) in [6.07, 6.45) is 8.61. The second kappa shape index (κ2) is 16.1. The average Bonchev–Trinajstić information content (AvgIpc) is 3.47. The van der Waals surface area contributed by atoms with Gasteiger partial charge in [0.25, 0.3) is 0 Å². The lowest BCUT2D eigenvalue weighted by molar-refractivity contribution is 0.00239. The summed E-state index contributed by atoms with van der Waals surface area (Å²) < 4.78 is 5.74. The van der Waals surface area contributed by atoms with Crippen molar-refractivity contribution in [3.63, 3.8) is 0 Å². The Morgan fingerprint density at radius 2 is 1.26 bits per heavy atom. The molecule has 2 aliphatic rings. The Labute approximate surface area is 301 Å². The van der Waals surface area contributed by atoms with Gasteiger partial charge in [-0.05, 0) is 63.8 Å². The number of amides is 1. The minimum atomic E-state index is -0.900. The fourth-order valence-corrected chi connectivity index (χ4v) is 8.19. The molecule has 256 valence electrons. The third kappa shape index (κ3) is 7.22. The minimum absolute atomic E-state index is 0.00613. The van der Waals surface area contributed by atoms with E-state index in [9.17, 15) is 4.79 Å². The Morgan fingerprint density at radius 3 is 1.94 bits per heavy atom. The van der Waals surface area contributed by atoms with Gasteiger partial charge in [0.1, 0.15) is 12.1 Å². The van der Waals surface area contributed by atoms with Gasteiger partial charge in [-0.2, -0.15) is 5.48 Å². The summed E-state index contributed by atoms with van der Waals surface area (Å²) in [5.41, 5.74) is 11.6. The molecule has 1 unspecified atom stereocenters. The van der Waals surface area contributed by atoms with Crippen molar-refractivity contribution in [1.82, 2.24) is 10.8 Å². The SMILES string of the molecule is O=C(NCCONC(c1ccccc1)(c1ccc(C2CCCCCCC2)cc1)c1ccccc1Cl)OCC1c2ccccc2-c2ccccc21. The Hall–Kier alpha value is -4.42. The van der Waals surface area contributed by atoms with Gasteiger partial charge in [-0.1, -0.05) is 165 Å². The van der Waals surface area contributed by atoms with Crippen LogP contribution in [-0.2, 0) is 15.1 Å². The van der Waals surface area contributed by atoms with Gasteiger partial charge < -0.3 is 10.1 Å². The van der Waals surface area contributed by atoms with Gasteiger partial charge in [0.2, 0.25) is 0 Å². The van der Waals surface area contributed by atoms with Crippen LogP contribution in [0.25, 0.3) is 11.1 Å². The van der Waals surface area contributed by atoms with E-state index in [2.05, 4.69) is 71.5 Å². The van der Waals surface area contributed by atoms with E-state index in [4.69, 9.17) is 21.2 Å². The van der Waals surface area contributed by atoms with E-state index < -0.39 is 11.6 Å². The number of rotatable bonds is 11. The van der Waals surface area contributed by atoms with Crippen molar-refractivity contribution in [2.45, 2.75) is 62.3 Å². The second-order valence-corrected chi connectivity index (χ2v) is 13.9. The van der Waals surface area contributed by atoms with Gasteiger partial charge in [-0.15, -0.1) is 0 Å². The summed E-state index contributed by atoms with van der Waals surface area (Å²) in [7, 11) is 0. The molecule has 5 aromatic carbocycles. The molecule has 0 aliphatic heterocycles. The number of halogens is 1. The summed E-state index contributed by atoms with van der Waals surface area (Å²) in [4.78, 5) is 19.1. The summed E-state index contributed by atoms with van der Waals surface area (Å²) in [5.74, 6) is 0.593. The molecule has 5 nitrogen and oxygen atoms in total. The monoisotopic (exact) mass is 684 g/mol. The highest BCUT2D eigenvalue weighted by Crippen LogP contribution is 2.45. The highest BCUT2D eigenvalue weighted by molar-refractivity contribution is 6.31. The molecule has 6 heteroatoms. The van der Waals surface area contributed by atoms with Crippen molar-refractivity contribution in [2.75, 3.05) is 19.8 Å². The number of hydroxylamine groups is 1. The Kier molecular flexibility index (Phi) is 10.9. The van der Waals surface area contributed by atoms with E-state index in [-0.39, 0.29) is 25.7 Å². The van der Waals surface area contributed by atoms with E-state index in [0.717, 1.165) is 16.7 Å². The van der Waals surface area contributed by atoms with E-state index in [1.54, 1.807) is 0 Å². The molecule has 1 saturated carbocycles. The zero-order chi connectivity index (χ0) is 34.2. The van der Waals surface area contributed by atoms with Gasteiger partial charge in [-0.3, -0.25) is 4.84 Å². The van der Waals surface area contributed by atoms with Gasteiger partial charge >= 0.3 is 6.09 Å². The predicted octanol–water partition coefficient (Wildman–Crippen LogP) is 10.5. The summed E-state index contributed by atoms with van der Waals surface area (Å²) in [6.45, 7) is 0.737. The normalized spacial score (nSPS) is 16.0. The van der Waals surface area contributed by atoms with Crippen LogP contribution < -0.4 is 10.8 Å². The number of benzene rings is 5. The van der Waals surface area contributed by atoms with Crippen molar-refractivity contribution in [1.29, 1.82) is 0 Å². The molecule has 7 rings (SSSR count). The molecule has 0 radical (unpaired) electrons. The van der Waals surface area contributed by atoms with E-state index >= 15 is 0 Å². The largest absolute Gasteiger partial charge is 0.449 e. The van der Waals surface area contributed by atoms with Gasteiger partial charge in [0, 0.05) is 23.0 Å². The first-order chi connectivity index (χ1) is 24.6. The second-order valence-electron chi connectivity index (χ2n) is 13.5. The van der Waals surface area contributed by atoms with Crippen molar-refractivity contribution < 1.29 is 14.4 Å². The van der Waals surface area contributed by atoms with Crippen molar-refractivity contribution >= 4 is 17.7 Å². The number of carbonyl (C=O) groups excluding carboxylic acids is 1. The third-order valence-corrected chi connectivity index (χ3v) is 10.8. The first-order valence-electron chi connectivity index (χ1n) is 18.0. The molecule has 50 heavy (non-hydrogen) atoms. The zero-order valence-electron chi connectivity index (χ0n) is 28.5. The molecular formula is C44H45ClN2O3. The quantitative estimate of drug-likeness (QED) is 0.0826. The lowest BCUT2D eigenvalue weighted by Gasteiger charge is -2.37. The molecule has 0 spiro atoms. The molecule has 1 atom stereocenters. The third-order valence-electron chi connectivity index (χ3n) is 10.4. The molecule has 0 aromatic heterocycles. The summed E-state index contributed by atoms with van der Waals surface area (Å²) in [6, 6.07) is 43.8. The lowest BCUT2D eigenvalue weighted by Crippen LogP contribution is -2.46. The Morgan fingerprint density at radius 1 is 0.680 bits per heavy atom. The zero-order valence-corrected chi connectivity index (χ0v) is 29.2. The fraction of sp³-hybridized carbons (Fsp3) is 0.295. The average molecular weight is 685 g/mol. The molecule has 2 aliphatic carbocycles.